The van der Waals surface area contributed by atoms with E-state index in [2.05, 4.69) is 43.2 Å². The van der Waals surface area contributed by atoms with Crippen molar-refractivity contribution in [1.82, 2.24) is 15.5 Å². The molecule has 0 saturated carbocycles. The van der Waals surface area contributed by atoms with E-state index in [1.807, 2.05) is 0 Å². The molecule has 3 atom stereocenters. The standard InChI is InChI=1S/C16H31N3O2/c1-12-9-19(10-13(2)21-12)16(3,4)11-18-15(20)8-14-6-5-7-17-14/h12-14,17H,5-11H2,1-4H3,(H,18,20). The number of hydrogen-bond acceptors (Lipinski definition) is 4. The number of rotatable bonds is 5. The first-order valence-corrected chi connectivity index (χ1v) is 8.27. The maximum absolute atomic E-state index is 12.1. The van der Waals surface area contributed by atoms with Gasteiger partial charge in [0, 0.05) is 37.6 Å². The Morgan fingerprint density at radius 1 is 1.33 bits per heavy atom. The van der Waals surface area contributed by atoms with E-state index < -0.39 is 0 Å². The first-order valence-electron chi connectivity index (χ1n) is 8.27. The molecule has 0 aliphatic carbocycles. The fourth-order valence-corrected chi connectivity index (χ4v) is 3.33. The lowest BCUT2D eigenvalue weighted by molar-refractivity contribution is -0.123. The van der Waals surface area contributed by atoms with Gasteiger partial charge in [-0.3, -0.25) is 9.69 Å². The zero-order chi connectivity index (χ0) is 15.5. The van der Waals surface area contributed by atoms with E-state index in [1.165, 1.54) is 6.42 Å². The fraction of sp³-hybridized carbons (Fsp3) is 0.938. The first-order chi connectivity index (χ1) is 9.87. The summed E-state index contributed by atoms with van der Waals surface area (Å²) in [7, 11) is 0. The van der Waals surface area contributed by atoms with Gasteiger partial charge in [-0.25, -0.2) is 0 Å². The van der Waals surface area contributed by atoms with Gasteiger partial charge in [-0.15, -0.1) is 0 Å². The number of ether oxygens (including phenoxy) is 1. The monoisotopic (exact) mass is 297 g/mol. The van der Waals surface area contributed by atoms with Gasteiger partial charge in [-0.05, 0) is 47.1 Å². The smallest absolute Gasteiger partial charge is 0.221 e. The van der Waals surface area contributed by atoms with Crippen molar-refractivity contribution < 1.29 is 9.53 Å². The molecular formula is C16H31N3O2. The highest BCUT2D eigenvalue weighted by atomic mass is 16.5. The van der Waals surface area contributed by atoms with Gasteiger partial charge in [0.05, 0.1) is 12.2 Å². The molecule has 21 heavy (non-hydrogen) atoms. The molecule has 0 bridgehead atoms. The number of nitrogens with zero attached hydrogens (tertiary/aromatic N) is 1. The molecule has 3 unspecified atom stereocenters. The predicted molar refractivity (Wildman–Crippen MR) is 84.3 cm³/mol. The zero-order valence-electron chi connectivity index (χ0n) is 13.9. The topological polar surface area (TPSA) is 53.6 Å². The number of morpholine rings is 1. The summed E-state index contributed by atoms with van der Waals surface area (Å²) >= 11 is 0. The maximum atomic E-state index is 12.1. The van der Waals surface area contributed by atoms with Crippen LogP contribution < -0.4 is 10.6 Å². The van der Waals surface area contributed by atoms with Gasteiger partial charge in [0.25, 0.3) is 0 Å². The molecule has 2 rings (SSSR count). The first kappa shape index (κ1) is 16.7. The highest BCUT2D eigenvalue weighted by Crippen LogP contribution is 2.20. The van der Waals surface area contributed by atoms with Crippen LogP contribution in [0, 0.1) is 0 Å². The van der Waals surface area contributed by atoms with Crippen LogP contribution in [0.25, 0.3) is 0 Å². The second-order valence-electron chi connectivity index (χ2n) is 7.25. The van der Waals surface area contributed by atoms with Crippen molar-refractivity contribution in [2.75, 3.05) is 26.2 Å². The third kappa shape index (κ3) is 4.94. The van der Waals surface area contributed by atoms with Crippen LogP contribution in [0.2, 0.25) is 0 Å². The third-order valence-electron chi connectivity index (χ3n) is 4.59. The molecule has 2 aliphatic heterocycles. The molecule has 1 amide bonds. The summed E-state index contributed by atoms with van der Waals surface area (Å²) in [6, 6.07) is 0.372. The summed E-state index contributed by atoms with van der Waals surface area (Å²) in [6.45, 7) is 12.2. The largest absolute Gasteiger partial charge is 0.373 e. The van der Waals surface area contributed by atoms with Crippen LogP contribution in [0.15, 0.2) is 0 Å². The van der Waals surface area contributed by atoms with E-state index in [1.54, 1.807) is 0 Å². The quantitative estimate of drug-likeness (QED) is 0.799. The number of carbonyl (C=O) groups excluding carboxylic acids is 1. The lowest BCUT2D eigenvalue weighted by Crippen LogP contribution is -2.58. The van der Waals surface area contributed by atoms with Gasteiger partial charge in [0.2, 0.25) is 5.91 Å². The second-order valence-corrected chi connectivity index (χ2v) is 7.25. The molecule has 2 saturated heterocycles. The van der Waals surface area contributed by atoms with Crippen LogP contribution >= 0.6 is 0 Å². The molecule has 5 heteroatoms. The Morgan fingerprint density at radius 2 is 2.00 bits per heavy atom. The summed E-state index contributed by atoms with van der Waals surface area (Å²) in [5.41, 5.74) is -0.0366. The van der Waals surface area contributed by atoms with Crippen LogP contribution in [0.3, 0.4) is 0 Å². The molecule has 0 aromatic heterocycles. The number of carbonyl (C=O) groups is 1. The molecule has 0 aromatic rings. The Hall–Kier alpha value is -0.650. The van der Waals surface area contributed by atoms with Crippen LogP contribution in [0.4, 0.5) is 0 Å². The van der Waals surface area contributed by atoms with E-state index in [-0.39, 0.29) is 23.7 Å². The number of hydrogen-bond donors (Lipinski definition) is 2. The summed E-state index contributed by atoms with van der Waals surface area (Å²) in [6.07, 6.45) is 3.42. The van der Waals surface area contributed by atoms with Gasteiger partial charge in [-0.1, -0.05) is 0 Å². The van der Waals surface area contributed by atoms with E-state index >= 15 is 0 Å². The van der Waals surface area contributed by atoms with Gasteiger partial charge in [0.1, 0.15) is 0 Å². The Kier molecular flexibility index (Phi) is 5.63. The zero-order valence-corrected chi connectivity index (χ0v) is 13.9. The molecule has 2 N–H and O–H groups in total. The van der Waals surface area contributed by atoms with Crippen LogP contribution in [0.1, 0.15) is 47.0 Å². The van der Waals surface area contributed by atoms with Gasteiger partial charge < -0.3 is 15.4 Å². The molecule has 2 aliphatic rings. The maximum Gasteiger partial charge on any atom is 0.221 e. The molecule has 2 fully saturated rings. The second kappa shape index (κ2) is 7.07. The van der Waals surface area contributed by atoms with Crippen molar-refractivity contribution in [1.29, 1.82) is 0 Å². The summed E-state index contributed by atoms with van der Waals surface area (Å²) in [5.74, 6) is 0.164. The van der Waals surface area contributed by atoms with Crippen molar-refractivity contribution in [2.24, 2.45) is 0 Å². The lowest BCUT2D eigenvalue weighted by atomic mass is 10.00. The molecule has 122 valence electrons. The average molecular weight is 297 g/mol. The van der Waals surface area contributed by atoms with Crippen molar-refractivity contribution in [2.45, 2.75) is 70.7 Å². The normalized spacial score (nSPS) is 31.3. The Labute approximate surface area is 128 Å². The highest BCUT2D eigenvalue weighted by Gasteiger charge is 2.33. The van der Waals surface area contributed by atoms with Crippen LogP contribution in [-0.2, 0) is 9.53 Å². The highest BCUT2D eigenvalue weighted by molar-refractivity contribution is 5.76. The minimum atomic E-state index is -0.0366. The van der Waals surface area contributed by atoms with Crippen molar-refractivity contribution in [3.63, 3.8) is 0 Å². The summed E-state index contributed by atoms with van der Waals surface area (Å²) in [5, 5.41) is 6.49. The summed E-state index contributed by atoms with van der Waals surface area (Å²) in [4.78, 5) is 14.5. The van der Waals surface area contributed by atoms with Crippen LogP contribution in [0.5, 0.6) is 0 Å². The van der Waals surface area contributed by atoms with Gasteiger partial charge in [0.15, 0.2) is 0 Å². The van der Waals surface area contributed by atoms with Crippen LogP contribution in [-0.4, -0.2) is 60.8 Å². The predicted octanol–water partition coefficient (Wildman–Crippen LogP) is 1.13. The van der Waals surface area contributed by atoms with Crippen molar-refractivity contribution in [3.05, 3.63) is 0 Å². The van der Waals surface area contributed by atoms with E-state index in [4.69, 9.17) is 4.74 Å². The van der Waals surface area contributed by atoms with Gasteiger partial charge in [-0.2, -0.15) is 0 Å². The SMILES string of the molecule is CC1CN(C(C)(C)CNC(=O)CC2CCCN2)CC(C)O1. The van der Waals surface area contributed by atoms with E-state index in [0.717, 1.165) is 26.1 Å². The average Bonchev–Trinajstić information content (AvgIpc) is 2.88. The summed E-state index contributed by atoms with van der Waals surface area (Å²) < 4.78 is 5.79. The molecule has 0 radical (unpaired) electrons. The minimum Gasteiger partial charge on any atom is -0.373 e. The van der Waals surface area contributed by atoms with Crippen molar-refractivity contribution in [3.8, 4) is 0 Å². The molecular weight excluding hydrogens is 266 g/mol. The molecule has 0 aromatic carbocycles. The van der Waals surface area contributed by atoms with Crippen molar-refractivity contribution >= 4 is 5.91 Å². The van der Waals surface area contributed by atoms with Gasteiger partial charge >= 0.3 is 0 Å². The lowest BCUT2D eigenvalue weighted by Gasteiger charge is -2.45. The Balaban J connectivity index is 1.78. The number of amides is 1. The third-order valence-corrected chi connectivity index (χ3v) is 4.59. The van der Waals surface area contributed by atoms with E-state index in [0.29, 0.717) is 19.0 Å². The Morgan fingerprint density at radius 3 is 2.57 bits per heavy atom. The number of nitrogens with one attached hydrogen (secondary N) is 2. The minimum absolute atomic E-state index is 0.0366. The fourth-order valence-electron chi connectivity index (χ4n) is 3.33. The Bertz CT molecular complexity index is 343. The molecule has 2 heterocycles. The molecule has 0 spiro atoms. The van der Waals surface area contributed by atoms with E-state index in [9.17, 15) is 4.79 Å². The molecule has 5 nitrogen and oxygen atoms in total.